The summed E-state index contributed by atoms with van der Waals surface area (Å²) >= 11 is 0. The average molecular weight is 156 g/mol. The molecule has 66 valence electrons. The molecule has 1 N–H and O–H groups in total. The average Bonchev–Trinajstić information content (AvgIpc) is 2.29. The zero-order valence-electron chi connectivity index (χ0n) is 7.93. The number of aliphatic hydroxyl groups excluding tert-OH is 1. The highest BCUT2D eigenvalue weighted by atomic mass is 16.3. The molecule has 0 heterocycles. The second-order valence-corrected chi connectivity index (χ2v) is 4.64. The lowest BCUT2D eigenvalue weighted by atomic mass is 9.89. The Hall–Kier alpha value is -0.0400. The van der Waals surface area contributed by atoms with Crippen LogP contribution in [0.5, 0.6) is 0 Å². The van der Waals surface area contributed by atoms with Gasteiger partial charge in [-0.1, -0.05) is 20.8 Å². The van der Waals surface area contributed by atoms with Gasteiger partial charge in [-0.3, -0.25) is 0 Å². The molecule has 1 fully saturated rings. The lowest BCUT2D eigenvalue weighted by Gasteiger charge is -2.19. The first kappa shape index (κ1) is 9.05. The number of aliphatic hydroxyl groups is 1. The van der Waals surface area contributed by atoms with Gasteiger partial charge in [0.15, 0.2) is 0 Å². The molecule has 0 aromatic heterocycles. The standard InChI is InChI=1S/C10H20O/c1-4-9(11)8-5-6-10(2,3)7-8/h8-9,11H,4-7H2,1-3H3/t8-,9+/m1/s1. The fourth-order valence-electron chi connectivity index (χ4n) is 2.15. The van der Waals surface area contributed by atoms with Crippen molar-refractivity contribution in [1.29, 1.82) is 0 Å². The van der Waals surface area contributed by atoms with E-state index in [1.807, 2.05) is 0 Å². The molecule has 1 aliphatic rings. The van der Waals surface area contributed by atoms with Gasteiger partial charge in [-0.25, -0.2) is 0 Å². The molecule has 1 aliphatic carbocycles. The second-order valence-electron chi connectivity index (χ2n) is 4.64. The van der Waals surface area contributed by atoms with Gasteiger partial charge in [0.05, 0.1) is 6.10 Å². The summed E-state index contributed by atoms with van der Waals surface area (Å²) in [5, 5.41) is 9.59. The highest BCUT2D eigenvalue weighted by Gasteiger charge is 2.33. The summed E-state index contributed by atoms with van der Waals surface area (Å²) < 4.78 is 0. The molecule has 1 heteroatoms. The van der Waals surface area contributed by atoms with E-state index in [4.69, 9.17) is 0 Å². The number of rotatable bonds is 2. The van der Waals surface area contributed by atoms with Crippen LogP contribution in [0, 0.1) is 11.3 Å². The van der Waals surface area contributed by atoms with E-state index in [1.54, 1.807) is 0 Å². The first-order valence-corrected chi connectivity index (χ1v) is 4.73. The Morgan fingerprint density at radius 2 is 2.18 bits per heavy atom. The van der Waals surface area contributed by atoms with Crippen LogP contribution < -0.4 is 0 Å². The molecule has 1 nitrogen and oxygen atoms in total. The van der Waals surface area contributed by atoms with Crippen LogP contribution in [0.25, 0.3) is 0 Å². The summed E-state index contributed by atoms with van der Waals surface area (Å²) in [6.07, 6.45) is 4.59. The maximum atomic E-state index is 9.59. The summed E-state index contributed by atoms with van der Waals surface area (Å²) in [6, 6.07) is 0. The van der Waals surface area contributed by atoms with Crippen LogP contribution in [-0.2, 0) is 0 Å². The molecule has 0 aromatic carbocycles. The molecular weight excluding hydrogens is 136 g/mol. The molecule has 0 saturated heterocycles. The SMILES string of the molecule is CC[C@H](O)[C@@H]1CCC(C)(C)C1. The fourth-order valence-corrected chi connectivity index (χ4v) is 2.15. The Labute approximate surface area is 69.8 Å². The van der Waals surface area contributed by atoms with Crippen molar-refractivity contribution in [3.63, 3.8) is 0 Å². The second kappa shape index (κ2) is 3.14. The Kier molecular flexibility index (Phi) is 2.58. The molecule has 11 heavy (non-hydrogen) atoms. The molecular formula is C10H20O. The largest absolute Gasteiger partial charge is 0.393 e. The van der Waals surface area contributed by atoms with Crippen molar-refractivity contribution in [3.05, 3.63) is 0 Å². The van der Waals surface area contributed by atoms with E-state index in [2.05, 4.69) is 20.8 Å². The van der Waals surface area contributed by atoms with Crippen molar-refractivity contribution < 1.29 is 5.11 Å². The topological polar surface area (TPSA) is 20.2 Å². The van der Waals surface area contributed by atoms with Gasteiger partial charge >= 0.3 is 0 Å². The first-order valence-electron chi connectivity index (χ1n) is 4.73. The van der Waals surface area contributed by atoms with Gasteiger partial charge in [-0.05, 0) is 37.0 Å². The summed E-state index contributed by atoms with van der Waals surface area (Å²) in [6.45, 7) is 6.67. The summed E-state index contributed by atoms with van der Waals surface area (Å²) in [5.41, 5.74) is 0.487. The fraction of sp³-hybridized carbons (Fsp3) is 1.00. The third kappa shape index (κ3) is 2.19. The van der Waals surface area contributed by atoms with E-state index in [0.717, 1.165) is 6.42 Å². The van der Waals surface area contributed by atoms with Gasteiger partial charge in [0, 0.05) is 0 Å². The Morgan fingerprint density at radius 3 is 2.55 bits per heavy atom. The van der Waals surface area contributed by atoms with Crippen molar-refractivity contribution in [2.45, 2.75) is 52.6 Å². The summed E-state index contributed by atoms with van der Waals surface area (Å²) in [5.74, 6) is 0.579. The van der Waals surface area contributed by atoms with Gasteiger partial charge in [-0.2, -0.15) is 0 Å². The maximum absolute atomic E-state index is 9.59. The highest BCUT2D eigenvalue weighted by Crippen LogP contribution is 2.42. The Bertz CT molecular complexity index is 129. The van der Waals surface area contributed by atoms with E-state index in [1.165, 1.54) is 19.3 Å². The summed E-state index contributed by atoms with van der Waals surface area (Å²) in [7, 11) is 0. The molecule has 0 aliphatic heterocycles. The van der Waals surface area contributed by atoms with Crippen molar-refractivity contribution in [2.24, 2.45) is 11.3 Å². The van der Waals surface area contributed by atoms with Gasteiger partial charge in [-0.15, -0.1) is 0 Å². The monoisotopic (exact) mass is 156 g/mol. The van der Waals surface area contributed by atoms with Gasteiger partial charge in [0.25, 0.3) is 0 Å². The van der Waals surface area contributed by atoms with Crippen molar-refractivity contribution in [1.82, 2.24) is 0 Å². The Morgan fingerprint density at radius 1 is 1.55 bits per heavy atom. The van der Waals surface area contributed by atoms with Gasteiger partial charge in [0.1, 0.15) is 0 Å². The maximum Gasteiger partial charge on any atom is 0.0566 e. The lowest BCUT2D eigenvalue weighted by molar-refractivity contribution is 0.101. The molecule has 0 radical (unpaired) electrons. The van der Waals surface area contributed by atoms with E-state index in [0.29, 0.717) is 11.3 Å². The van der Waals surface area contributed by atoms with E-state index < -0.39 is 0 Å². The van der Waals surface area contributed by atoms with Crippen LogP contribution >= 0.6 is 0 Å². The minimum absolute atomic E-state index is 0.0447. The molecule has 0 unspecified atom stereocenters. The molecule has 0 bridgehead atoms. The van der Waals surface area contributed by atoms with Gasteiger partial charge < -0.3 is 5.11 Å². The Balaban J connectivity index is 2.41. The number of hydrogen-bond donors (Lipinski definition) is 1. The van der Waals surface area contributed by atoms with E-state index in [9.17, 15) is 5.11 Å². The predicted octanol–water partition coefficient (Wildman–Crippen LogP) is 2.58. The number of hydrogen-bond acceptors (Lipinski definition) is 1. The first-order chi connectivity index (χ1) is 5.05. The zero-order chi connectivity index (χ0) is 8.48. The van der Waals surface area contributed by atoms with Crippen LogP contribution in [0.1, 0.15) is 46.5 Å². The third-order valence-electron chi connectivity index (χ3n) is 2.97. The zero-order valence-corrected chi connectivity index (χ0v) is 7.93. The smallest absolute Gasteiger partial charge is 0.0566 e. The minimum atomic E-state index is -0.0447. The lowest BCUT2D eigenvalue weighted by Crippen LogP contribution is -2.17. The predicted molar refractivity (Wildman–Crippen MR) is 47.4 cm³/mol. The molecule has 1 rings (SSSR count). The highest BCUT2D eigenvalue weighted by molar-refractivity contribution is 4.85. The van der Waals surface area contributed by atoms with Crippen LogP contribution in [0.4, 0.5) is 0 Å². The van der Waals surface area contributed by atoms with Crippen molar-refractivity contribution in [3.8, 4) is 0 Å². The van der Waals surface area contributed by atoms with Crippen molar-refractivity contribution >= 4 is 0 Å². The van der Waals surface area contributed by atoms with Crippen LogP contribution in [0.3, 0.4) is 0 Å². The van der Waals surface area contributed by atoms with Crippen molar-refractivity contribution in [2.75, 3.05) is 0 Å². The molecule has 0 aromatic rings. The normalized spacial score (nSPS) is 32.2. The third-order valence-corrected chi connectivity index (χ3v) is 2.97. The van der Waals surface area contributed by atoms with E-state index in [-0.39, 0.29) is 6.10 Å². The molecule has 0 amide bonds. The van der Waals surface area contributed by atoms with Crippen LogP contribution in [0.2, 0.25) is 0 Å². The summed E-state index contributed by atoms with van der Waals surface area (Å²) in [4.78, 5) is 0. The molecule has 0 spiro atoms. The van der Waals surface area contributed by atoms with Crippen LogP contribution in [0.15, 0.2) is 0 Å². The van der Waals surface area contributed by atoms with Crippen LogP contribution in [-0.4, -0.2) is 11.2 Å². The van der Waals surface area contributed by atoms with Gasteiger partial charge in [0.2, 0.25) is 0 Å². The molecule has 1 saturated carbocycles. The van der Waals surface area contributed by atoms with E-state index >= 15 is 0 Å². The molecule has 2 atom stereocenters. The minimum Gasteiger partial charge on any atom is -0.393 e. The quantitative estimate of drug-likeness (QED) is 0.651.